The van der Waals surface area contributed by atoms with Crippen molar-refractivity contribution in [1.82, 2.24) is 0 Å². The molecular formula is C14H17ClN2O6. The Hall–Kier alpha value is -1.61. The molecule has 4 atom stereocenters. The average molecular weight is 345 g/mol. The largest absolute Gasteiger partial charge is 0.484 e. The maximum atomic E-state index is 11.1. The van der Waals surface area contributed by atoms with Crippen molar-refractivity contribution < 1.29 is 24.2 Å². The fourth-order valence-corrected chi connectivity index (χ4v) is 3.03. The van der Waals surface area contributed by atoms with Gasteiger partial charge in [0.05, 0.1) is 23.2 Å². The van der Waals surface area contributed by atoms with E-state index in [1.54, 1.807) is 0 Å². The second kappa shape index (κ2) is 6.48. The van der Waals surface area contributed by atoms with Crippen LogP contribution in [-0.4, -0.2) is 54.2 Å². The molecule has 0 unspecified atom stereocenters. The molecule has 0 aliphatic carbocycles. The highest BCUT2D eigenvalue weighted by Crippen LogP contribution is 2.38. The van der Waals surface area contributed by atoms with Crippen LogP contribution in [-0.2, 0) is 9.47 Å². The van der Waals surface area contributed by atoms with Crippen molar-refractivity contribution in [2.24, 2.45) is 0 Å². The van der Waals surface area contributed by atoms with Crippen LogP contribution in [0.25, 0.3) is 0 Å². The van der Waals surface area contributed by atoms with Gasteiger partial charge in [-0.1, -0.05) is 11.6 Å². The molecule has 0 radical (unpaired) electrons. The number of nitrogens with zero attached hydrogens (tertiary/aromatic N) is 1. The van der Waals surface area contributed by atoms with Crippen LogP contribution in [0.1, 0.15) is 6.92 Å². The third kappa shape index (κ3) is 3.07. The van der Waals surface area contributed by atoms with Crippen LogP contribution in [0, 0.1) is 10.1 Å². The molecule has 126 valence electrons. The minimum atomic E-state index is -0.668. The Morgan fingerprint density at radius 1 is 1.43 bits per heavy atom. The van der Waals surface area contributed by atoms with Gasteiger partial charge >= 0.3 is 0 Å². The highest BCUT2D eigenvalue weighted by atomic mass is 35.5. The second-order valence-electron chi connectivity index (χ2n) is 5.41. The van der Waals surface area contributed by atoms with Crippen molar-refractivity contribution in [1.29, 1.82) is 0 Å². The number of halogens is 1. The number of hydrogen-bond acceptors (Lipinski definition) is 7. The number of nitro benzene ring substituents is 1. The molecule has 2 aliphatic rings. The summed E-state index contributed by atoms with van der Waals surface area (Å²) in [6.07, 6.45) is -1.88. The number of nitrogens with one attached hydrogen (secondary N) is 1. The number of rotatable bonds is 5. The SMILES string of the molecule is CCNc1cc(O[C@H]2CO[C@H]3[C@@H]2OC[C@@H]3O)c(Cl)cc1[N+](=O)[O-]. The minimum absolute atomic E-state index is 0.114. The van der Waals surface area contributed by atoms with Crippen LogP contribution >= 0.6 is 11.6 Å². The molecule has 0 amide bonds. The molecule has 9 heteroatoms. The highest BCUT2D eigenvalue weighted by molar-refractivity contribution is 6.32. The first-order chi connectivity index (χ1) is 11.0. The number of nitro groups is 1. The number of fused-ring (bicyclic) bond motifs is 1. The van der Waals surface area contributed by atoms with Crippen molar-refractivity contribution in [3.05, 3.63) is 27.3 Å². The summed E-state index contributed by atoms with van der Waals surface area (Å²) in [6.45, 7) is 2.82. The Labute approximate surface area is 137 Å². The Balaban J connectivity index is 1.83. The molecule has 1 aromatic rings. The van der Waals surface area contributed by atoms with Gasteiger partial charge in [-0.25, -0.2) is 0 Å². The van der Waals surface area contributed by atoms with Crippen LogP contribution in [0.4, 0.5) is 11.4 Å². The van der Waals surface area contributed by atoms with E-state index in [-0.39, 0.29) is 30.0 Å². The van der Waals surface area contributed by atoms with E-state index in [0.29, 0.717) is 18.0 Å². The second-order valence-corrected chi connectivity index (χ2v) is 5.81. The molecule has 0 saturated carbocycles. The predicted octanol–water partition coefficient (Wildman–Crippen LogP) is 1.59. The maximum Gasteiger partial charge on any atom is 0.294 e. The number of ether oxygens (including phenoxy) is 3. The minimum Gasteiger partial charge on any atom is -0.484 e. The van der Waals surface area contributed by atoms with E-state index >= 15 is 0 Å². The first-order valence-corrected chi connectivity index (χ1v) is 7.68. The number of aliphatic hydroxyl groups is 1. The summed E-state index contributed by atoms with van der Waals surface area (Å²) in [5.41, 5.74) is 0.219. The fraction of sp³-hybridized carbons (Fsp3) is 0.571. The summed E-state index contributed by atoms with van der Waals surface area (Å²) in [7, 11) is 0. The number of anilines is 1. The van der Waals surface area contributed by atoms with Crippen molar-refractivity contribution in [3.8, 4) is 5.75 Å². The lowest BCUT2D eigenvalue weighted by Crippen LogP contribution is -2.34. The van der Waals surface area contributed by atoms with E-state index in [9.17, 15) is 15.2 Å². The van der Waals surface area contributed by atoms with Crippen molar-refractivity contribution in [2.45, 2.75) is 31.3 Å². The molecule has 2 heterocycles. The highest BCUT2D eigenvalue weighted by Gasteiger charge is 2.48. The third-order valence-corrected chi connectivity index (χ3v) is 4.17. The lowest BCUT2D eigenvalue weighted by Gasteiger charge is -2.19. The molecular weight excluding hydrogens is 328 g/mol. The number of hydrogen-bond donors (Lipinski definition) is 2. The van der Waals surface area contributed by atoms with Crippen molar-refractivity contribution in [3.63, 3.8) is 0 Å². The van der Waals surface area contributed by atoms with E-state index in [0.717, 1.165) is 0 Å². The molecule has 2 aliphatic heterocycles. The molecule has 2 N–H and O–H groups in total. The van der Waals surface area contributed by atoms with E-state index < -0.39 is 23.2 Å². The normalized spacial score (nSPS) is 29.3. The first kappa shape index (κ1) is 16.3. The zero-order valence-corrected chi connectivity index (χ0v) is 13.2. The molecule has 1 aromatic carbocycles. The van der Waals surface area contributed by atoms with Crippen LogP contribution < -0.4 is 10.1 Å². The summed E-state index contributed by atoms with van der Waals surface area (Å²) in [5.74, 6) is 0.312. The van der Waals surface area contributed by atoms with E-state index in [4.69, 9.17) is 25.8 Å². The number of aliphatic hydroxyl groups excluding tert-OH is 1. The summed E-state index contributed by atoms with van der Waals surface area (Å²) in [4.78, 5) is 10.6. The van der Waals surface area contributed by atoms with Gasteiger partial charge in [-0.3, -0.25) is 10.1 Å². The summed E-state index contributed by atoms with van der Waals surface area (Å²) >= 11 is 6.11. The number of benzene rings is 1. The van der Waals surface area contributed by atoms with Crippen LogP contribution in [0.15, 0.2) is 12.1 Å². The molecule has 2 fully saturated rings. The fourth-order valence-electron chi connectivity index (χ4n) is 2.82. The van der Waals surface area contributed by atoms with E-state index in [2.05, 4.69) is 5.32 Å². The van der Waals surface area contributed by atoms with Crippen LogP contribution in [0.5, 0.6) is 5.75 Å². The van der Waals surface area contributed by atoms with Crippen LogP contribution in [0.2, 0.25) is 5.02 Å². The van der Waals surface area contributed by atoms with Gasteiger partial charge in [-0.05, 0) is 6.92 Å². The van der Waals surface area contributed by atoms with Gasteiger partial charge in [0, 0.05) is 18.7 Å². The molecule has 0 spiro atoms. The smallest absolute Gasteiger partial charge is 0.294 e. The van der Waals surface area contributed by atoms with Gasteiger partial charge in [-0.2, -0.15) is 0 Å². The standard InChI is InChI=1S/C14H17ClN2O6/c1-2-16-8-4-11(7(15)3-9(8)17(19)20)23-12-6-22-13-10(18)5-21-14(12)13/h3-4,10,12-14,16,18H,2,5-6H2,1H3/t10-,12-,13+,14+/m0/s1. The Kier molecular flexibility index (Phi) is 4.58. The lowest BCUT2D eigenvalue weighted by molar-refractivity contribution is -0.384. The van der Waals surface area contributed by atoms with Gasteiger partial charge in [0.1, 0.15) is 29.7 Å². The topological polar surface area (TPSA) is 103 Å². The third-order valence-electron chi connectivity index (χ3n) is 3.87. The Morgan fingerprint density at radius 3 is 2.87 bits per heavy atom. The zero-order chi connectivity index (χ0) is 16.6. The maximum absolute atomic E-state index is 11.1. The molecule has 23 heavy (non-hydrogen) atoms. The molecule has 2 saturated heterocycles. The van der Waals surface area contributed by atoms with Gasteiger partial charge in [0.15, 0.2) is 6.10 Å². The Bertz CT molecular complexity index is 613. The monoisotopic (exact) mass is 344 g/mol. The van der Waals surface area contributed by atoms with E-state index in [1.165, 1.54) is 12.1 Å². The summed E-state index contributed by atoms with van der Waals surface area (Å²) in [6, 6.07) is 2.76. The quantitative estimate of drug-likeness (QED) is 0.617. The molecule has 0 aromatic heterocycles. The summed E-state index contributed by atoms with van der Waals surface area (Å²) in [5, 5.41) is 23.9. The van der Waals surface area contributed by atoms with Gasteiger partial charge in [0.2, 0.25) is 0 Å². The first-order valence-electron chi connectivity index (χ1n) is 7.31. The lowest BCUT2D eigenvalue weighted by atomic mass is 10.1. The Morgan fingerprint density at radius 2 is 2.17 bits per heavy atom. The predicted molar refractivity (Wildman–Crippen MR) is 82.2 cm³/mol. The van der Waals surface area contributed by atoms with Crippen molar-refractivity contribution in [2.75, 3.05) is 25.1 Å². The van der Waals surface area contributed by atoms with E-state index in [1.807, 2.05) is 6.92 Å². The van der Waals surface area contributed by atoms with Gasteiger partial charge in [-0.15, -0.1) is 0 Å². The summed E-state index contributed by atoms with van der Waals surface area (Å²) < 4.78 is 16.8. The average Bonchev–Trinajstić information content (AvgIpc) is 3.06. The van der Waals surface area contributed by atoms with Gasteiger partial charge < -0.3 is 24.6 Å². The zero-order valence-electron chi connectivity index (χ0n) is 12.4. The molecule has 8 nitrogen and oxygen atoms in total. The molecule has 0 bridgehead atoms. The molecule has 3 rings (SSSR count). The van der Waals surface area contributed by atoms with Crippen molar-refractivity contribution >= 4 is 23.0 Å². The van der Waals surface area contributed by atoms with Crippen LogP contribution in [0.3, 0.4) is 0 Å². The van der Waals surface area contributed by atoms with Gasteiger partial charge in [0.25, 0.3) is 5.69 Å².